The average molecular weight is 802 g/mol. The summed E-state index contributed by atoms with van der Waals surface area (Å²) in [5, 5.41) is 77.1. The Bertz CT molecular complexity index is 1330. The Hall–Kier alpha value is -2.24. The molecule has 0 bridgehead atoms. The van der Waals surface area contributed by atoms with Gasteiger partial charge < -0.3 is 81.9 Å². The predicted molar refractivity (Wildman–Crippen MR) is 206 cm³/mol. The Morgan fingerprint density at radius 1 is 0.857 bits per heavy atom. The van der Waals surface area contributed by atoms with Crippen molar-refractivity contribution >= 4 is 12.1 Å². The summed E-state index contributed by atoms with van der Waals surface area (Å²) in [6, 6.07) is -3.42. The molecule has 56 heavy (non-hydrogen) atoms. The van der Waals surface area contributed by atoms with Crippen LogP contribution in [0.2, 0.25) is 0 Å². The number of carbonyl (C=O) groups is 1. The van der Waals surface area contributed by atoms with Gasteiger partial charge in [-0.3, -0.25) is 9.79 Å². The molecule has 2 aliphatic heterocycles. The fraction of sp³-hybridized carbons (Fsp3) is 0.789. The van der Waals surface area contributed by atoms with Crippen molar-refractivity contribution in [3.05, 3.63) is 34.9 Å². The van der Waals surface area contributed by atoms with Crippen LogP contribution in [0.3, 0.4) is 0 Å². The van der Waals surface area contributed by atoms with Crippen LogP contribution >= 0.6 is 0 Å². The number of nitrogens with one attached hydrogen (secondary N) is 1. The summed E-state index contributed by atoms with van der Waals surface area (Å²) in [6.45, 7) is 7.63. The third-order valence-electron chi connectivity index (χ3n) is 10.4. The van der Waals surface area contributed by atoms with Crippen LogP contribution in [0.25, 0.3) is 0 Å². The normalized spacial score (nSPS) is 37.7. The van der Waals surface area contributed by atoms with Gasteiger partial charge in [-0.05, 0) is 65.9 Å². The van der Waals surface area contributed by atoms with Crippen molar-refractivity contribution in [3.8, 4) is 0 Å². The highest BCUT2D eigenvalue weighted by Gasteiger charge is 2.53. The molecule has 16 atom stereocenters. The Kier molecular flexibility index (Phi) is 20.1. The van der Waals surface area contributed by atoms with E-state index in [1.54, 1.807) is 6.21 Å². The molecule has 0 radical (unpaired) electrons. The minimum Gasteiger partial charge on any atom is -0.394 e. The van der Waals surface area contributed by atoms with Gasteiger partial charge in [0.2, 0.25) is 5.91 Å². The number of carbonyl (C=O) groups excluding carboxylic acids is 1. The first kappa shape index (κ1) is 48.1. The number of ether oxygens (including phenoxy) is 5. The first-order valence-corrected chi connectivity index (χ1v) is 19.3. The minimum absolute atomic E-state index is 0.0231. The number of aliphatic imine (C=N–C) groups is 1. The predicted octanol–water partition coefficient (Wildman–Crippen LogP) is -2.24. The standard InChI is InChI=1S/C38H67N5O13/c1-19(2)8-6-9-20(3)10-7-11-21(4)12-14-42-15-13-24(45)36(51)43-23-16-22(40)33(55-38-35(52-5)31(49)29(47)25(17-39)53-38)32(50)34(23)56-37-30(48)27(41)28(46)26(18-44)54-37/h8,10,12,14,22-35,37-38,44-50H,6-7,9,11,13,15-18,39-41H2,1-5H3,(H,43,51)/b20-10+,21-12+,42-14?. The van der Waals surface area contributed by atoms with Crippen LogP contribution in [0.15, 0.2) is 39.9 Å². The molecule has 16 unspecified atom stereocenters. The summed E-state index contributed by atoms with van der Waals surface area (Å²) in [5.41, 5.74) is 22.0. The number of allylic oxidation sites excluding steroid dienone is 6. The summed E-state index contributed by atoms with van der Waals surface area (Å²) >= 11 is 0. The van der Waals surface area contributed by atoms with E-state index in [0.29, 0.717) is 0 Å². The van der Waals surface area contributed by atoms with Gasteiger partial charge in [-0.1, -0.05) is 28.9 Å². The lowest BCUT2D eigenvalue weighted by molar-refractivity contribution is -0.335. The zero-order valence-corrected chi connectivity index (χ0v) is 33.2. The van der Waals surface area contributed by atoms with Gasteiger partial charge in [0.25, 0.3) is 0 Å². The maximum absolute atomic E-state index is 13.3. The quantitative estimate of drug-likeness (QED) is 0.0486. The molecule has 3 fully saturated rings. The molecular formula is C38H67N5O13. The Morgan fingerprint density at radius 3 is 2.14 bits per heavy atom. The SMILES string of the molecule is COC1C(OC2C(N)CC(NC(=O)C(O)CCN=C/C=C(\C)CC/C=C(\C)CCC=C(C)C)C(OC3OC(CO)C(O)C(N)C3O)C2O)OC(CN)C(O)C1O. The van der Waals surface area contributed by atoms with E-state index < -0.39 is 110 Å². The number of rotatable bonds is 19. The lowest BCUT2D eigenvalue weighted by atomic mass is 9.83. The molecule has 1 amide bonds. The van der Waals surface area contributed by atoms with Crippen molar-refractivity contribution in [2.45, 2.75) is 164 Å². The molecular weight excluding hydrogens is 734 g/mol. The second kappa shape index (κ2) is 23.4. The van der Waals surface area contributed by atoms with Crippen molar-refractivity contribution in [1.82, 2.24) is 5.32 Å². The summed E-state index contributed by atoms with van der Waals surface area (Å²) in [4.78, 5) is 17.6. The van der Waals surface area contributed by atoms with Crippen molar-refractivity contribution in [2.24, 2.45) is 22.2 Å². The summed E-state index contributed by atoms with van der Waals surface area (Å²) in [6.07, 6.45) is -6.61. The topological polar surface area (TPSA) is 307 Å². The molecule has 3 aliphatic rings. The summed E-state index contributed by atoms with van der Waals surface area (Å²) in [7, 11) is 1.26. The Morgan fingerprint density at radius 2 is 1.50 bits per heavy atom. The van der Waals surface area contributed by atoms with E-state index in [2.05, 4.69) is 43.2 Å². The number of aliphatic hydroxyl groups is 7. The van der Waals surface area contributed by atoms with Crippen molar-refractivity contribution < 1.29 is 64.2 Å². The highest BCUT2D eigenvalue weighted by molar-refractivity contribution is 5.81. The molecule has 1 aliphatic carbocycles. The van der Waals surface area contributed by atoms with Gasteiger partial charge in [0.05, 0.1) is 18.7 Å². The molecule has 2 saturated heterocycles. The molecule has 18 nitrogen and oxygen atoms in total. The third kappa shape index (κ3) is 13.4. The van der Waals surface area contributed by atoms with Gasteiger partial charge in [0, 0.05) is 38.9 Å². The lowest BCUT2D eigenvalue weighted by Gasteiger charge is -2.49. The molecule has 0 spiro atoms. The lowest BCUT2D eigenvalue weighted by Crippen LogP contribution is -2.69. The molecule has 322 valence electrons. The van der Waals surface area contributed by atoms with Crippen molar-refractivity contribution in [2.75, 3.05) is 26.8 Å². The summed E-state index contributed by atoms with van der Waals surface area (Å²) in [5.74, 6) is -0.806. The van der Waals surface area contributed by atoms with E-state index in [1.165, 1.54) is 18.3 Å². The van der Waals surface area contributed by atoms with Gasteiger partial charge in [-0.15, -0.1) is 0 Å². The molecule has 18 heteroatoms. The maximum Gasteiger partial charge on any atom is 0.249 e. The first-order chi connectivity index (χ1) is 26.5. The Labute approximate surface area is 329 Å². The maximum atomic E-state index is 13.3. The van der Waals surface area contributed by atoms with Crippen LogP contribution < -0.4 is 22.5 Å². The smallest absolute Gasteiger partial charge is 0.249 e. The molecule has 3 rings (SSSR count). The van der Waals surface area contributed by atoms with Gasteiger partial charge in [-0.25, -0.2) is 0 Å². The molecule has 0 aromatic heterocycles. The first-order valence-electron chi connectivity index (χ1n) is 19.3. The largest absolute Gasteiger partial charge is 0.394 e. The van der Waals surface area contributed by atoms with Gasteiger partial charge in [-0.2, -0.15) is 0 Å². The monoisotopic (exact) mass is 801 g/mol. The third-order valence-corrected chi connectivity index (χ3v) is 10.4. The van der Waals surface area contributed by atoms with Crippen LogP contribution in [-0.2, 0) is 28.5 Å². The molecule has 2 heterocycles. The van der Waals surface area contributed by atoms with Crippen LogP contribution in [0.1, 0.15) is 66.2 Å². The van der Waals surface area contributed by atoms with E-state index in [1.807, 2.05) is 13.0 Å². The number of methoxy groups -OCH3 is 1. The Balaban J connectivity index is 1.68. The van der Waals surface area contributed by atoms with Crippen LogP contribution in [-0.4, -0.2) is 173 Å². The molecule has 0 aromatic rings. The van der Waals surface area contributed by atoms with E-state index in [0.717, 1.165) is 31.3 Å². The van der Waals surface area contributed by atoms with Crippen molar-refractivity contribution in [1.29, 1.82) is 0 Å². The molecule has 14 N–H and O–H groups in total. The number of hydrogen-bond donors (Lipinski definition) is 11. The number of nitrogens with two attached hydrogens (primary N) is 3. The fourth-order valence-electron chi connectivity index (χ4n) is 6.92. The van der Waals surface area contributed by atoms with E-state index in [4.69, 9.17) is 40.9 Å². The van der Waals surface area contributed by atoms with E-state index >= 15 is 0 Å². The van der Waals surface area contributed by atoms with Crippen molar-refractivity contribution in [3.63, 3.8) is 0 Å². The zero-order valence-electron chi connectivity index (χ0n) is 33.2. The number of amides is 1. The number of hydrogen-bond acceptors (Lipinski definition) is 17. The fourth-order valence-corrected chi connectivity index (χ4v) is 6.92. The minimum atomic E-state index is -1.68. The highest BCUT2D eigenvalue weighted by Crippen LogP contribution is 2.32. The average Bonchev–Trinajstić information content (AvgIpc) is 3.15. The van der Waals surface area contributed by atoms with Crippen LogP contribution in [0.5, 0.6) is 0 Å². The number of nitrogens with zero attached hydrogens (tertiary/aromatic N) is 1. The van der Waals surface area contributed by atoms with Gasteiger partial charge >= 0.3 is 0 Å². The molecule has 0 aromatic carbocycles. The highest BCUT2D eigenvalue weighted by atomic mass is 16.7. The van der Waals surface area contributed by atoms with Gasteiger partial charge in [0.15, 0.2) is 12.6 Å². The van der Waals surface area contributed by atoms with Gasteiger partial charge in [0.1, 0.15) is 67.1 Å². The number of aliphatic hydroxyl groups excluding tert-OH is 7. The second-order valence-electron chi connectivity index (χ2n) is 15.2. The van der Waals surface area contributed by atoms with E-state index in [-0.39, 0.29) is 25.9 Å². The van der Waals surface area contributed by atoms with Crippen LogP contribution in [0.4, 0.5) is 0 Å². The molecule has 1 saturated carbocycles. The zero-order chi connectivity index (χ0) is 41.7. The van der Waals surface area contributed by atoms with E-state index in [9.17, 15) is 40.5 Å². The second-order valence-corrected chi connectivity index (χ2v) is 15.2. The van der Waals surface area contributed by atoms with Crippen LogP contribution in [0, 0.1) is 0 Å². The summed E-state index contributed by atoms with van der Waals surface area (Å²) < 4.78 is 28.8.